The van der Waals surface area contributed by atoms with E-state index < -0.39 is 0 Å². The van der Waals surface area contributed by atoms with Crippen LogP contribution in [0.4, 0.5) is 10.1 Å². The van der Waals surface area contributed by atoms with Gasteiger partial charge in [0.2, 0.25) is 5.91 Å². The number of carbonyl (C=O) groups is 2. The third kappa shape index (κ3) is 3.02. The van der Waals surface area contributed by atoms with Crippen molar-refractivity contribution >= 4 is 17.5 Å². The van der Waals surface area contributed by atoms with Crippen LogP contribution >= 0.6 is 0 Å². The summed E-state index contributed by atoms with van der Waals surface area (Å²) in [4.78, 5) is 26.8. The summed E-state index contributed by atoms with van der Waals surface area (Å²) < 4.78 is 13.2. The number of amides is 2. The lowest BCUT2D eigenvalue weighted by Crippen LogP contribution is -2.29. The first-order valence-corrected chi connectivity index (χ1v) is 8.48. The molecule has 0 unspecified atom stereocenters. The van der Waals surface area contributed by atoms with Crippen LogP contribution in [0.3, 0.4) is 0 Å². The second-order valence-electron chi connectivity index (χ2n) is 6.96. The number of hydrogen-bond acceptors (Lipinski definition) is 2. The van der Waals surface area contributed by atoms with Crippen LogP contribution in [-0.2, 0) is 4.79 Å². The first-order chi connectivity index (χ1) is 12.1. The molecule has 1 spiro atoms. The van der Waals surface area contributed by atoms with E-state index in [-0.39, 0.29) is 29.0 Å². The number of anilines is 1. The Hall–Kier alpha value is -2.69. The number of carbonyl (C=O) groups excluding carboxylic acids is 2. The van der Waals surface area contributed by atoms with E-state index in [4.69, 9.17) is 0 Å². The molecule has 1 saturated heterocycles. The van der Waals surface area contributed by atoms with Crippen LogP contribution in [0.2, 0.25) is 0 Å². The van der Waals surface area contributed by atoms with Gasteiger partial charge in [-0.05, 0) is 43.2 Å². The Balaban J connectivity index is 1.39. The van der Waals surface area contributed by atoms with Gasteiger partial charge in [-0.2, -0.15) is 0 Å². The maximum Gasteiger partial charge on any atom is 0.253 e. The van der Waals surface area contributed by atoms with Crippen LogP contribution in [0.5, 0.6) is 0 Å². The predicted octanol–water partition coefficient (Wildman–Crippen LogP) is 3.32. The Kier molecular flexibility index (Phi) is 3.79. The maximum absolute atomic E-state index is 13.2. The fraction of sp³-hybridized carbons (Fsp3) is 0.300. The molecule has 1 aliphatic heterocycles. The van der Waals surface area contributed by atoms with E-state index in [0.717, 1.165) is 12.8 Å². The summed E-state index contributed by atoms with van der Waals surface area (Å²) in [6.07, 6.45) is 1.62. The van der Waals surface area contributed by atoms with Crippen LogP contribution in [0.1, 0.15) is 23.2 Å². The van der Waals surface area contributed by atoms with Crippen molar-refractivity contribution < 1.29 is 14.0 Å². The van der Waals surface area contributed by atoms with E-state index in [1.165, 1.54) is 12.1 Å². The largest absolute Gasteiger partial charge is 0.338 e. The van der Waals surface area contributed by atoms with E-state index in [0.29, 0.717) is 24.3 Å². The molecule has 1 saturated carbocycles. The van der Waals surface area contributed by atoms with Gasteiger partial charge in [0.05, 0.1) is 0 Å². The zero-order valence-electron chi connectivity index (χ0n) is 13.7. The van der Waals surface area contributed by atoms with Crippen LogP contribution in [0, 0.1) is 17.2 Å². The number of likely N-dealkylation sites (tertiary alicyclic amines) is 1. The van der Waals surface area contributed by atoms with E-state index in [9.17, 15) is 14.0 Å². The molecule has 4 rings (SSSR count). The van der Waals surface area contributed by atoms with Crippen LogP contribution < -0.4 is 5.32 Å². The Morgan fingerprint density at radius 3 is 2.68 bits per heavy atom. The molecule has 1 heterocycles. The molecular formula is C20H19FN2O2. The minimum absolute atomic E-state index is 0.0219. The van der Waals surface area contributed by atoms with E-state index in [2.05, 4.69) is 5.32 Å². The third-order valence-corrected chi connectivity index (χ3v) is 5.29. The summed E-state index contributed by atoms with van der Waals surface area (Å²) in [6, 6.07) is 15.1. The SMILES string of the molecule is O=C(Nc1cccc(F)c1)[C@H]1C[C@]12CCN(C(=O)c1ccccc1)C2. The minimum Gasteiger partial charge on any atom is -0.338 e. The zero-order chi connectivity index (χ0) is 17.4. The quantitative estimate of drug-likeness (QED) is 0.933. The van der Waals surface area contributed by atoms with Crippen LogP contribution in [-0.4, -0.2) is 29.8 Å². The fourth-order valence-electron chi connectivity index (χ4n) is 3.80. The number of rotatable bonds is 3. The molecule has 1 N–H and O–H groups in total. The molecule has 2 fully saturated rings. The van der Waals surface area contributed by atoms with Crippen molar-refractivity contribution in [2.75, 3.05) is 18.4 Å². The summed E-state index contributed by atoms with van der Waals surface area (Å²) in [6.45, 7) is 1.29. The highest BCUT2D eigenvalue weighted by atomic mass is 19.1. The molecule has 2 aliphatic rings. The van der Waals surface area contributed by atoms with Gasteiger partial charge >= 0.3 is 0 Å². The van der Waals surface area contributed by atoms with Gasteiger partial charge in [-0.25, -0.2) is 4.39 Å². The number of nitrogens with zero attached hydrogens (tertiary/aromatic N) is 1. The second-order valence-corrected chi connectivity index (χ2v) is 6.96. The molecule has 2 aromatic rings. The first kappa shape index (κ1) is 15.8. The van der Waals surface area contributed by atoms with Gasteiger partial charge < -0.3 is 10.2 Å². The minimum atomic E-state index is -0.371. The van der Waals surface area contributed by atoms with Gasteiger partial charge in [0, 0.05) is 35.7 Å². The molecule has 0 radical (unpaired) electrons. The van der Waals surface area contributed by atoms with Gasteiger partial charge in [0.15, 0.2) is 0 Å². The first-order valence-electron chi connectivity index (χ1n) is 8.48. The molecule has 25 heavy (non-hydrogen) atoms. The monoisotopic (exact) mass is 338 g/mol. The Labute approximate surface area is 145 Å². The van der Waals surface area contributed by atoms with Crippen molar-refractivity contribution in [1.29, 1.82) is 0 Å². The highest BCUT2D eigenvalue weighted by Crippen LogP contribution is 2.58. The molecule has 5 heteroatoms. The summed E-state index contributed by atoms with van der Waals surface area (Å²) in [5.41, 5.74) is 1.05. The fourth-order valence-corrected chi connectivity index (χ4v) is 3.80. The van der Waals surface area contributed by atoms with Gasteiger partial charge in [-0.15, -0.1) is 0 Å². The second kappa shape index (κ2) is 5.99. The van der Waals surface area contributed by atoms with Gasteiger partial charge in [0.1, 0.15) is 5.82 Å². The topological polar surface area (TPSA) is 49.4 Å². The van der Waals surface area contributed by atoms with Gasteiger partial charge in [-0.3, -0.25) is 9.59 Å². The molecular weight excluding hydrogens is 319 g/mol. The van der Waals surface area contributed by atoms with Crippen molar-refractivity contribution in [1.82, 2.24) is 4.90 Å². The smallest absolute Gasteiger partial charge is 0.253 e. The molecule has 128 valence electrons. The number of halogens is 1. The van der Waals surface area contributed by atoms with Crippen molar-refractivity contribution in [3.63, 3.8) is 0 Å². The van der Waals surface area contributed by atoms with Crippen molar-refractivity contribution in [2.45, 2.75) is 12.8 Å². The summed E-state index contributed by atoms with van der Waals surface area (Å²) in [7, 11) is 0. The Bertz CT molecular complexity index is 823. The summed E-state index contributed by atoms with van der Waals surface area (Å²) in [5, 5.41) is 2.79. The molecule has 1 aliphatic carbocycles. The third-order valence-electron chi connectivity index (χ3n) is 5.29. The van der Waals surface area contributed by atoms with Crippen molar-refractivity contribution in [2.24, 2.45) is 11.3 Å². The van der Waals surface area contributed by atoms with E-state index in [1.807, 2.05) is 35.2 Å². The lowest BCUT2D eigenvalue weighted by Gasteiger charge is -2.16. The number of benzene rings is 2. The molecule has 4 nitrogen and oxygen atoms in total. The van der Waals surface area contributed by atoms with Crippen molar-refractivity contribution in [3.8, 4) is 0 Å². The molecule has 2 amide bonds. The average Bonchev–Trinajstić information content (AvgIpc) is 3.16. The normalized spacial score (nSPS) is 24.4. The highest BCUT2D eigenvalue weighted by Gasteiger charge is 2.61. The van der Waals surface area contributed by atoms with Crippen LogP contribution in [0.25, 0.3) is 0 Å². The number of nitrogens with one attached hydrogen (secondary N) is 1. The molecule has 2 aromatic carbocycles. The lowest BCUT2D eigenvalue weighted by molar-refractivity contribution is -0.118. The summed E-state index contributed by atoms with van der Waals surface area (Å²) >= 11 is 0. The van der Waals surface area contributed by atoms with Gasteiger partial charge in [0.25, 0.3) is 5.91 Å². The zero-order valence-corrected chi connectivity index (χ0v) is 13.7. The van der Waals surface area contributed by atoms with E-state index >= 15 is 0 Å². The van der Waals surface area contributed by atoms with Crippen LogP contribution in [0.15, 0.2) is 54.6 Å². The average molecular weight is 338 g/mol. The number of hydrogen-bond donors (Lipinski definition) is 1. The highest BCUT2D eigenvalue weighted by molar-refractivity contribution is 5.96. The van der Waals surface area contributed by atoms with Gasteiger partial charge in [-0.1, -0.05) is 24.3 Å². The standard InChI is InChI=1S/C20H19FN2O2/c21-15-7-4-8-16(11-15)22-18(24)17-12-20(17)9-10-23(13-20)19(25)14-5-2-1-3-6-14/h1-8,11,17H,9-10,12-13H2,(H,22,24)/t17-,20+/m1/s1. The molecule has 0 aromatic heterocycles. The lowest BCUT2D eigenvalue weighted by atomic mass is 10.0. The molecule has 0 bridgehead atoms. The van der Waals surface area contributed by atoms with E-state index in [1.54, 1.807) is 12.1 Å². The Morgan fingerprint density at radius 1 is 1.12 bits per heavy atom. The van der Waals surface area contributed by atoms with Crippen molar-refractivity contribution in [3.05, 3.63) is 66.0 Å². The summed E-state index contributed by atoms with van der Waals surface area (Å²) in [5.74, 6) is -0.540. The maximum atomic E-state index is 13.2. The molecule has 2 atom stereocenters. The predicted molar refractivity (Wildman–Crippen MR) is 92.5 cm³/mol. The Morgan fingerprint density at radius 2 is 1.92 bits per heavy atom.